The third-order valence-electron chi connectivity index (χ3n) is 3.40. The summed E-state index contributed by atoms with van der Waals surface area (Å²) in [4.78, 5) is 21.1. The minimum Gasteiger partial charge on any atom is -0.294 e. The van der Waals surface area contributed by atoms with Gasteiger partial charge in [-0.05, 0) is 18.6 Å². The molecule has 0 amide bonds. The van der Waals surface area contributed by atoms with Crippen molar-refractivity contribution in [2.75, 3.05) is 0 Å². The predicted molar refractivity (Wildman–Crippen MR) is 80.1 cm³/mol. The summed E-state index contributed by atoms with van der Waals surface area (Å²) in [6, 6.07) is 9.38. The Labute approximate surface area is 122 Å². The fourth-order valence-corrected chi connectivity index (χ4v) is 2.41. The molecule has 3 aromatic rings. The summed E-state index contributed by atoms with van der Waals surface area (Å²) in [7, 11) is 0. The average Bonchev–Trinajstić information content (AvgIpc) is 2.94. The minimum absolute atomic E-state index is 0.0407. The molecule has 0 aliphatic rings. The molecule has 5 nitrogen and oxygen atoms in total. The van der Waals surface area contributed by atoms with Crippen molar-refractivity contribution in [1.82, 2.24) is 19.7 Å². The second-order valence-electron chi connectivity index (χ2n) is 4.88. The zero-order chi connectivity index (χ0) is 14.7. The van der Waals surface area contributed by atoms with Crippen molar-refractivity contribution in [3.8, 4) is 0 Å². The van der Waals surface area contributed by atoms with Crippen LogP contribution in [0.25, 0.3) is 10.9 Å². The van der Waals surface area contributed by atoms with Gasteiger partial charge in [-0.1, -0.05) is 25.1 Å². The highest BCUT2D eigenvalue weighted by Crippen LogP contribution is 2.18. The maximum Gasteiger partial charge on any atom is 0.171 e. The zero-order valence-electron chi connectivity index (χ0n) is 11.9. The molecule has 0 saturated carbocycles. The zero-order valence-corrected chi connectivity index (χ0v) is 11.9. The van der Waals surface area contributed by atoms with Crippen LogP contribution < -0.4 is 0 Å². The molecule has 0 fully saturated rings. The molecule has 0 radical (unpaired) electrons. The Morgan fingerprint density at radius 3 is 2.95 bits per heavy atom. The molecule has 0 unspecified atom stereocenters. The Kier molecular flexibility index (Phi) is 3.73. The molecular weight excluding hydrogens is 264 g/mol. The van der Waals surface area contributed by atoms with Crippen molar-refractivity contribution in [3.05, 3.63) is 54.2 Å². The smallest absolute Gasteiger partial charge is 0.171 e. The minimum atomic E-state index is 0.0407. The molecule has 0 aliphatic heterocycles. The van der Waals surface area contributed by atoms with Crippen LogP contribution in [0.2, 0.25) is 0 Å². The molecule has 2 aromatic heterocycles. The van der Waals surface area contributed by atoms with Crippen LogP contribution in [0.15, 0.2) is 42.9 Å². The van der Waals surface area contributed by atoms with E-state index in [0.717, 1.165) is 23.9 Å². The number of carbonyl (C=O) groups is 1. The number of pyridine rings is 1. The number of Topliss-reactive ketones (excluding diaryl/α,β-unsaturated/α-hetero) is 1. The maximum absolute atomic E-state index is 12.6. The van der Waals surface area contributed by atoms with Gasteiger partial charge in [0.15, 0.2) is 5.78 Å². The number of ketones is 1. The Balaban J connectivity index is 1.92. The van der Waals surface area contributed by atoms with Gasteiger partial charge < -0.3 is 0 Å². The largest absolute Gasteiger partial charge is 0.294 e. The SMILES string of the molecule is CCCn1ncnc1CC(=O)c1cccc2ncccc12. The first-order valence-corrected chi connectivity index (χ1v) is 7.03. The molecule has 21 heavy (non-hydrogen) atoms. The standard InChI is InChI=1S/C16H16N4O/c1-2-9-20-16(18-11-19-20)10-15(21)13-5-3-7-14-12(13)6-4-8-17-14/h3-8,11H,2,9-10H2,1H3. The molecule has 0 N–H and O–H groups in total. The summed E-state index contributed by atoms with van der Waals surface area (Å²) in [6.07, 6.45) is 4.45. The van der Waals surface area contributed by atoms with Crippen molar-refractivity contribution in [1.29, 1.82) is 0 Å². The fraction of sp³-hybridized carbons (Fsp3) is 0.250. The predicted octanol–water partition coefficient (Wildman–Crippen LogP) is 2.66. The molecule has 2 heterocycles. The molecule has 0 bridgehead atoms. The molecule has 1 aromatic carbocycles. The van der Waals surface area contributed by atoms with Gasteiger partial charge in [0.2, 0.25) is 0 Å². The van der Waals surface area contributed by atoms with Gasteiger partial charge in [-0.3, -0.25) is 9.78 Å². The van der Waals surface area contributed by atoms with E-state index in [-0.39, 0.29) is 12.2 Å². The maximum atomic E-state index is 12.6. The number of nitrogens with zero attached hydrogens (tertiary/aromatic N) is 4. The van der Waals surface area contributed by atoms with Crippen LogP contribution in [0, 0.1) is 0 Å². The summed E-state index contributed by atoms with van der Waals surface area (Å²) >= 11 is 0. The van der Waals surface area contributed by atoms with E-state index in [0.29, 0.717) is 11.4 Å². The summed E-state index contributed by atoms with van der Waals surface area (Å²) in [5, 5.41) is 5.04. The monoisotopic (exact) mass is 280 g/mol. The van der Waals surface area contributed by atoms with Crippen LogP contribution in [0.4, 0.5) is 0 Å². The Bertz CT molecular complexity index is 773. The van der Waals surface area contributed by atoms with Gasteiger partial charge in [-0.15, -0.1) is 0 Å². The van der Waals surface area contributed by atoms with E-state index >= 15 is 0 Å². The number of aryl methyl sites for hydroxylation is 1. The molecule has 0 aliphatic carbocycles. The van der Waals surface area contributed by atoms with Crippen molar-refractivity contribution in [2.24, 2.45) is 0 Å². The van der Waals surface area contributed by atoms with Crippen molar-refractivity contribution in [3.63, 3.8) is 0 Å². The number of hydrogen-bond acceptors (Lipinski definition) is 4. The highest BCUT2D eigenvalue weighted by molar-refractivity contribution is 6.07. The molecule has 0 atom stereocenters. The lowest BCUT2D eigenvalue weighted by atomic mass is 10.0. The van der Waals surface area contributed by atoms with E-state index in [1.807, 2.05) is 30.3 Å². The molecule has 0 spiro atoms. The van der Waals surface area contributed by atoms with Crippen molar-refractivity contribution in [2.45, 2.75) is 26.3 Å². The highest BCUT2D eigenvalue weighted by Gasteiger charge is 2.14. The van der Waals surface area contributed by atoms with Gasteiger partial charge >= 0.3 is 0 Å². The van der Waals surface area contributed by atoms with E-state index in [9.17, 15) is 4.79 Å². The van der Waals surface area contributed by atoms with E-state index in [2.05, 4.69) is 22.0 Å². The van der Waals surface area contributed by atoms with Gasteiger partial charge in [-0.25, -0.2) is 9.67 Å². The van der Waals surface area contributed by atoms with E-state index < -0.39 is 0 Å². The Hall–Kier alpha value is -2.56. The lowest BCUT2D eigenvalue weighted by Gasteiger charge is -2.06. The molecular formula is C16H16N4O. The van der Waals surface area contributed by atoms with Crippen LogP contribution in [0.3, 0.4) is 0 Å². The van der Waals surface area contributed by atoms with E-state index in [1.54, 1.807) is 10.9 Å². The number of fused-ring (bicyclic) bond motifs is 1. The molecule has 5 heteroatoms. The molecule has 106 valence electrons. The Morgan fingerprint density at radius 2 is 2.10 bits per heavy atom. The highest BCUT2D eigenvalue weighted by atomic mass is 16.1. The third kappa shape index (κ3) is 2.67. The number of rotatable bonds is 5. The summed E-state index contributed by atoms with van der Waals surface area (Å²) in [5.41, 5.74) is 1.52. The fourth-order valence-electron chi connectivity index (χ4n) is 2.41. The average molecular weight is 280 g/mol. The summed E-state index contributed by atoms with van der Waals surface area (Å²) in [5.74, 6) is 0.752. The lowest BCUT2D eigenvalue weighted by Crippen LogP contribution is -2.12. The third-order valence-corrected chi connectivity index (χ3v) is 3.40. The second-order valence-corrected chi connectivity index (χ2v) is 4.88. The Morgan fingerprint density at radius 1 is 1.19 bits per heavy atom. The quantitative estimate of drug-likeness (QED) is 0.674. The first-order chi connectivity index (χ1) is 10.3. The first-order valence-electron chi connectivity index (χ1n) is 7.03. The second kappa shape index (κ2) is 5.83. The number of benzene rings is 1. The van der Waals surface area contributed by atoms with Gasteiger partial charge in [0.05, 0.1) is 11.9 Å². The van der Waals surface area contributed by atoms with Crippen molar-refractivity contribution >= 4 is 16.7 Å². The number of aromatic nitrogens is 4. The summed E-state index contributed by atoms with van der Waals surface area (Å²) in [6.45, 7) is 2.85. The van der Waals surface area contributed by atoms with Crippen LogP contribution in [-0.4, -0.2) is 25.5 Å². The van der Waals surface area contributed by atoms with E-state index in [1.165, 1.54) is 6.33 Å². The normalized spacial score (nSPS) is 10.9. The van der Waals surface area contributed by atoms with Gasteiger partial charge in [-0.2, -0.15) is 5.10 Å². The molecule has 0 saturated heterocycles. The van der Waals surface area contributed by atoms with E-state index in [4.69, 9.17) is 0 Å². The number of carbonyl (C=O) groups excluding carboxylic acids is 1. The van der Waals surface area contributed by atoms with Crippen LogP contribution in [-0.2, 0) is 13.0 Å². The van der Waals surface area contributed by atoms with Gasteiger partial charge in [0.1, 0.15) is 12.2 Å². The van der Waals surface area contributed by atoms with Crippen LogP contribution in [0.1, 0.15) is 29.5 Å². The summed E-state index contributed by atoms with van der Waals surface area (Å²) < 4.78 is 1.79. The van der Waals surface area contributed by atoms with Gasteiger partial charge in [0.25, 0.3) is 0 Å². The number of hydrogen-bond donors (Lipinski definition) is 0. The lowest BCUT2D eigenvalue weighted by molar-refractivity contribution is 0.0991. The van der Waals surface area contributed by atoms with Gasteiger partial charge in [0, 0.05) is 23.7 Å². The topological polar surface area (TPSA) is 60.7 Å². The first kappa shape index (κ1) is 13.4. The van der Waals surface area contributed by atoms with Crippen molar-refractivity contribution < 1.29 is 4.79 Å². The molecule has 3 rings (SSSR count). The van der Waals surface area contributed by atoms with Crippen LogP contribution in [0.5, 0.6) is 0 Å². The van der Waals surface area contributed by atoms with Crippen LogP contribution >= 0.6 is 0 Å².